The van der Waals surface area contributed by atoms with Crippen molar-refractivity contribution in [2.24, 2.45) is 0 Å². The van der Waals surface area contributed by atoms with Crippen LogP contribution < -0.4 is 4.74 Å². The van der Waals surface area contributed by atoms with Crippen LogP contribution in [0.15, 0.2) is 18.2 Å². The number of ketones is 1. The Morgan fingerprint density at radius 1 is 1.44 bits per heavy atom. The molecule has 0 saturated heterocycles. The molecule has 3 nitrogen and oxygen atoms in total. The van der Waals surface area contributed by atoms with Gasteiger partial charge in [0.2, 0.25) is 0 Å². The number of carbonyl (C=O) groups excluding carboxylic acids is 1. The number of likely N-dealkylation sites (N-methyl/N-ethyl adjacent to an activating group) is 1. The Hall–Kier alpha value is -1.06. The monoisotopic (exact) mass is 241 g/mol. The van der Waals surface area contributed by atoms with Crippen molar-refractivity contribution in [1.29, 1.82) is 0 Å². The van der Waals surface area contributed by atoms with Gasteiger partial charge in [0.05, 0.1) is 5.02 Å². The van der Waals surface area contributed by atoms with Crippen molar-refractivity contribution in [1.82, 2.24) is 4.90 Å². The van der Waals surface area contributed by atoms with Gasteiger partial charge in [-0.3, -0.25) is 4.79 Å². The van der Waals surface area contributed by atoms with Gasteiger partial charge in [-0.1, -0.05) is 11.6 Å². The summed E-state index contributed by atoms with van der Waals surface area (Å²) in [7, 11) is 3.95. The topological polar surface area (TPSA) is 29.5 Å². The molecule has 0 atom stereocenters. The first-order valence-corrected chi connectivity index (χ1v) is 5.46. The molecule has 1 aromatic carbocycles. The fourth-order valence-corrected chi connectivity index (χ4v) is 1.41. The number of rotatable bonds is 5. The van der Waals surface area contributed by atoms with E-state index in [-0.39, 0.29) is 5.78 Å². The van der Waals surface area contributed by atoms with Gasteiger partial charge in [-0.2, -0.15) is 0 Å². The van der Waals surface area contributed by atoms with Crippen molar-refractivity contribution in [3.63, 3.8) is 0 Å². The highest BCUT2D eigenvalue weighted by atomic mass is 35.5. The lowest BCUT2D eigenvalue weighted by Gasteiger charge is -2.12. The Morgan fingerprint density at radius 2 is 2.12 bits per heavy atom. The first-order chi connectivity index (χ1) is 7.50. The maximum atomic E-state index is 11.1. The lowest BCUT2D eigenvalue weighted by Crippen LogP contribution is -2.19. The summed E-state index contributed by atoms with van der Waals surface area (Å²) in [6, 6.07) is 5.09. The summed E-state index contributed by atoms with van der Waals surface area (Å²) in [5.41, 5.74) is 0.602. The van der Waals surface area contributed by atoms with Gasteiger partial charge in [-0.25, -0.2) is 0 Å². The van der Waals surface area contributed by atoms with Gasteiger partial charge in [0, 0.05) is 12.1 Å². The fourth-order valence-electron chi connectivity index (χ4n) is 1.18. The summed E-state index contributed by atoms with van der Waals surface area (Å²) in [4.78, 5) is 13.1. The van der Waals surface area contributed by atoms with Gasteiger partial charge in [-0.15, -0.1) is 0 Å². The van der Waals surface area contributed by atoms with Gasteiger partial charge in [0.25, 0.3) is 0 Å². The number of halogens is 1. The van der Waals surface area contributed by atoms with E-state index in [1.165, 1.54) is 6.92 Å². The molecular formula is C12H16ClNO2. The van der Waals surface area contributed by atoms with E-state index in [1.807, 2.05) is 19.0 Å². The molecule has 0 spiro atoms. The molecule has 0 heterocycles. The summed E-state index contributed by atoms with van der Waals surface area (Å²) in [5, 5.41) is 0.478. The number of carbonyl (C=O) groups is 1. The standard InChI is InChI=1S/C12H16ClNO2/c1-9(15)10-4-5-12(11(13)8-10)16-7-6-14(2)3/h4-5,8H,6-7H2,1-3H3. The van der Waals surface area contributed by atoms with E-state index >= 15 is 0 Å². The van der Waals surface area contributed by atoms with Crippen LogP contribution in [0.2, 0.25) is 5.02 Å². The van der Waals surface area contributed by atoms with Crippen LogP contribution in [0.4, 0.5) is 0 Å². The average molecular weight is 242 g/mol. The van der Waals surface area contributed by atoms with E-state index in [1.54, 1.807) is 18.2 Å². The number of hydrogen-bond acceptors (Lipinski definition) is 3. The molecule has 0 unspecified atom stereocenters. The van der Waals surface area contributed by atoms with Crippen molar-refractivity contribution in [3.8, 4) is 5.75 Å². The second-order valence-corrected chi connectivity index (χ2v) is 4.26. The molecule has 16 heavy (non-hydrogen) atoms. The molecule has 0 N–H and O–H groups in total. The number of hydrogen-bond donors (Lipinski definition) is 0. The number of benzene rings is 1. The van der Waals surface area contributed by atoms with Gasteiger partial charge in [0.1, 0.15) is 12.4 Å². The summed E-state index contributed by atoms with van der Waals surface area (Å²) >= 11 is 6.00. The van der Waals surface area contributed by atoms with Crippen molar-refractivity contribution < 1.29 is 9.53 Å². The van der Waals surface area contributed by atoms with Crippen LogP contribution in [0, 0.1) is 0 Å². The molecule has 0 aliphatic rings. The third kappa shape index (κ3) is 3.83. The highest BCUT2D eigenvalue weighted by Gasteiger charge is 2.05. The van der Waals surface area contributed by atoms with Gasteiger partial charge < -0.3 is 9.64 Å². The molecule has 0 fully saturated rings. The van der Waals surface area contributed by atoms with Crippen molar-refractivity contribution >= 4 is 17.4 Å². The average Bonchev–Trinajstić information content (AvgIpc) is 2.19. The first-order valence-electron chi connectivity index (χ1n) is 5.08. The summed E-state index contributed by atoms with van der Waals surface area (Å²) in [5.74, 6) is 0.621. The van der Waals surface area contributed by atoms with Gasteiger partial charge in [-0.05, 0) is 39.2 Å². The van der Waals surface area contributed by atoms with E-state index in [0.717, 1.165) is 6.54 Å². The van der Waals surface area contributed by atoms with E-state index in [9.17, 15) is 4.79 Å². The summed E-state index contributed by atoms with van der Waals surface area (Å²) in [6.45, 7) is 2.91. The minimum Gasteiger partial charge on any atom is -0.491 e. The number of nitrogens with zero attached hydrogens (tertiary/aromatic N) is 1. The van der Waals surface area contributed by atoms with E-state index in [4.69, 9.17) is 16.3 Å². The Labute approximate surface area is 101 Å². The zero-order valence-electron chi connectivity index (χ0n) is 9.79. The molecule has 0 bridgehead atoms. The SMILES string of the molecule is CC(=O)c1ccc(OCCN(C)C)c(Cl)c1. The van der Waals surface area contributed by atoms with Crippen LogP contribution in [-0.2, 0) is 0 Å². The summed E-state index contributed by atoms with van der Waals surface area (Å²) < 4.78 is 5.50. The van der Waals surface area contributed by atoms with Gasteiger partial charge >= 0.3 is 0 Å². The Kier molecular flexibility index (Phi) is 4.77. The van der Waals surface area contributed by atoms with Crippen LogP contribution in [0.5, 0.6) is 5.75 Å². The Morgan fingerprint density at radius 3 is 2.62 bits per heavy atom. The largest absolute Gasteiger partial charge is 0.491 e. The maximum absolute atomic E-state index is 11.1. The fraction of sp³-hybridized carbons (Fsp3) is 0.417. The second-order valence-electron chi connectivity index (χ2n) is 3.85. The lowest BCUT2D eigenvalue weighted by molar-refractivity contribution is 0.101. The zero-order chi connectivity index (χ0) is 12.1. The van der Waals surface area contributed by atoms with Crippen LogP contribution in [0.1, 0.15) is 17.3 Å². The van der Waals surface area contributed by atoms with Crippen molar-refractivity contribution in [2.75, 3.05) is 27.2 Å². The molecule has 0 aliphatic heterocycles. The Bertz CT molecular complexity index is 377. The predicted octanol–water partition coefficient (Wildman–Crippen LogP) is 2.48. The molecule has 1 rings (SSSR count). The lowest BCUT2D eigenvalue weighted by atomic mass is 10.1. The highest BCUT2D eigenvalue weighted by Crippen LogP contribution is 2.25. The van der Waals surface area contributed by atoms with E-state index < -0.39 is 0 Å². The molecule has 1 aromatic rings. The van der Waals surface area contributed by atoms with E-state index in [0.29, 0.717) is 22.9 Å². The molecule has 4 heteroatoms. The maximum Gasteiger partial charge on any atom is 0.159 e. The van der Waals surface area contributed by atoms with Crippen LogP contribution in [0.3, 0.4) is 0 Å². The van der Waals surface area contributed by atoms with Crippen LogP contribution >= 0.6 is 11.6 Å². The molecule has 0 aromatic heterocycles. The number of ether oxygens (including phenoxy) is 1. The van der Waals surface area contributed by atoms with Crippen molar-refractivity contribution in [3.05, 3.63) is 28.8 Å². The van der Waals surface area contributed by atoms with E-state index in [2.05, 4.69) is 0 Å². The predicted molar refractivity (Wildman–Crippen MR) is 65.5 cm³/mol. The van der Waals surface area contributed by atoms with Gasteiger partial charge in [0.15, 0.2) is 5.78 Å². The van der Waals surface area contributed by atoms with Crippen LogP contribution in [-0.4, -0.2) is 37.9 Å². The minimum atomic E-state index is 0.00161. The number of Topliss-reactive ketones (excluding diaryl/α,β-unsaturated/α-hetero) is 1. The summed E-state index contributed by atoms with van der Waals surface area (Å²) in [6.07, 6.45) is 0. The molecule has 88 valence electrons. The zero-order valence-corrected chi connectivity index (χ0v) is 10.5. The Balaban J connectivity index is 2.64. The smallest absolute Gasteiger partial charge is 0.159 e. The van der Waals surface area contributed by atoms with Crippen LogP contribution in [0.25, 0.3) is 0 Å². The normalized spacial score (nSPS) is 10.6. The minimum absolute atomic E-state index is 0.00161. The molecule has 0 aliphatic carbocycles. The molecule has 0 amide bonds. The third-order valence-electron chi connectivity index (χ3n) is 2.13. The quantitative estimate of drug-likeness (QED) is 0.742. The molecule has 0 saturated carbocycles. The van der Waals surface area contributed by atoms with Crippen molar-refractivity contribution in [2.45, 2.75) is 6.92 Å². The highest BCUT2D eigenvalue weighted by molar-refractivity contribution is 6.32. The molecule has 0 radical (unpaired) electrons. The second kappa shape index (κ2) is 5.87. The first kappa shape index (κ1) is 13.0. The third-order valence-corrected chi connectivity index (χ3v) is 2.43. The molecular weight excluding hydrogens is 226 g/mol.